The van der Waals surface area contributed by atoms with E-state index in [9.17, 15) is 0 Å². The normalized spacial score (nSPS) is 21.3. The van der Waals surface area contributed by atoms with E-state index in [1.54, 1.807) is 16.7 Å². The lowest BCUT2D eigenvalue weighted by Crippen LogP contribution is -3.15. The number of piperidine rings is 1. The number of likely N-dealkylation sites (tertiary alicyclic amines) is 1. The van der Waals surface area contributed by atoms with Gasteiger partial charge in [0.05, 0.1) is 25.4 Å². The molecule has 1 fully saturated rings. The van der Waals surface area contributed by atoms with E-state index >= 15 is 0 Å². The molecule has 124 valence electrons. The number of hydrogen-bond donors (Lipinski definition) is 1. The summed E-state index contributed by atoms with van der Waals surface area (Å²) in [5.74, 6) is 0.816. The number of hydrogen-bond acceptors (Lipinski definition) is 4. The Hall–Kier alpha value is -1.73. The molecule has 1 aromatic carbocycles. The van der Waals surface area contributed by atoms with Crippen molar-refractivity contribution in [1.82, 2.24) is 19.8 Å². The molecule has 0 aliphatic carbocycles. The molecule has 0 radical (unpaired) electrons. The van der Waals surface area contributed by atoms with E-state index in [0.29, 0.717) is 10.8 Å². The van der Waals surface area contributed by atoms with Crippen LogP contribution < -0.4 is 9.64 Å². The molecule has 1 N–H and O–H groups in total. The molecule has 23 heavy (non-hydrogen) atoms. The fourth-order valence-corrected chi connectivity index (χ4v) is 3.55. The summed E-state index contributed by atoms with van der Waals surface area (Å²) in [7, 11) is 1.66. The Labute approximate surface area is 141 Å². The van der Waals surface area contributed by atoms with Crippen molar-refractivity contribution in [1.29, 1.82) is 0 Å². The van der Waals surface area contributed by atoms with Crippen LogP contribution in [0.5, 0.6) is 5.75 Å². The Morgan fingerprint density at radius 1 is 1.26 bits per heavy atom. The van der Waals surface area contributed by atoms with Crippen molar-refractivity contribution in [2.75, 3.05) is 13.7 Å². The molecule has 0 amide bonds. The van der Waals surface area contributed by atoms with E-state index in [4.69, 9.17) is 17.0 Å². The zero-order chi connectivity index (χ0) is 16.2. The zero-order valence-corrected chi connectivity index (χ0v) is 14.6. The maximum absolute atomic E-state index is 5.57. The fourth-order valence-electron chi connectivity index (χ4n) is 3.30. The van der Waals surface area contributed by atoms with Crippen molar-refractivity contribution < 1.29 is 9.64 Å². The highest BCUT2D eigenvalue weighted by Gasteiger charge is 2.25. The average molecular weight is 334 g/mol. The van der Waals surface area contributed by atoms with Gasteiger partial charge in [0.2, 0.25) is 4.77 Å². The molecule has 1 aliphatic heterocycles. The van der Waals surface area contributed by atoms with Crippen LogP contribution in [0.4, 0.5) is 0 Å². The highest BCUT2D eigenvalue weighted by molar-refractivity contribution is 7.71. The first kappa shape index (κ1) is 16.1. The third kappa shape index (κ3) is 3.45. The van der Waals surface area contributed by atoms with E-state index < -0.39 is 0 Å². The molecule has 3 rings (SSSR count). The number of quaternary nitrogens is 1. The van der Waals surface area contributed by atoms with Crippen LogP contribution >= 0.6 is 12.2 Å². The maximum atomic E-state index is 5.57. The minimum absolute atomic E-state index is 0.642. The van der Waals surface area contributed by atoms with Gasteiger partial charge in [0.25, 0.3) is 0 Å². The number of nitrogens with one attached hydrogen (secondary N) is 1. The summed E-state index contributed by atoms with van der Waals surface area (Å²) in [5.41, 5.74) is 0.905. The van der Waals surface area contributed by atoms with Gasteiger partial charge in [-0.05, 0) is 72.6 Å². The number of aromatic nitrogens is 4. The minimum atomic E-state index is 0.642. The summed E-state index contributed by atoms with van der Waals surface area (Å²) in [5, 5.41) is 8.50. The maximum Gasteiger partial charge on any atom is 0.225 e. The van der Waals surface area contributed by atoms with Crippen LogP contribution in [0, 0.1) is 4.77 Å². The second-order valence-electron chi connectivity index (χ2n) is 6.04. The second kappa shape index (κ2) is 7.23. The van der Waals surface area contributed by atoms with Crippen LogP contribution in [0.2, 0.25) is 0 Å². The molecule has 0 bridgehead atoms. The Kier molecular flexibility index (Phi) is 5.07. The molecule has 1 aromatic heterocycles. The lowest BCUT2D eigenvalue weighted by Gasteiger charge is -2.31. The summed E-state index contributed by atoms with van der Waals surface area (Å²) in [6, 6.07) is 8.39. The Morgan fingerprint density at radius 3 is 2.74 bits per heavy atom. The van der Waals surface area contributed by atoms with Gasteiger partial charge >= 0.3 is 0 Å². The standard InChI is InChI=1S/C16H23N5OS/c1-3-13-6-4-5-11-19(13)12-20-16(23)21(18-17-20)14-7-9-15(22-2)10-8-14/h7-10,13H,3-6,11-12H2,1-2H3/p+1/t13-/m0/s1. The highest BCUT2D eigenvalue weighted by Crippen LogP contribution is 2.14. The molecule has 0 spiro atoms. The number of rotatable bonds is 5. The molecule has 1 aliphatic rings. The van der Waals surface area contributed by atoms with Crippen molar-refractivity contribution in [2.45, 2.75) is 45.3 Å². The summed E-state index contributed by atoms with van der Waals surface area (Å²) >= 11 is 5.57. The molecule has 7 heteroatoms. The predicted octanol–water partition coefficient (Wildman–Crippen LogP) is 1.61. The summed E-state index contributed by atoms with van der Waals surface area (Å²) in [4.78, 5) is 1.57. The van der Waals surface area contributed by atoms with Crippen molar-refractivity contribution in [2.24, 2.45) is 0 Å². The van der Waals surface area contributed by atoms with Crippen LogP contribution in [0.3, 0.4) is 0 Å². The van der Waals surface area contributed by atoms with Gasteiger partial charge in [0.15, 0.2) is 6.67 Å². The molecular formula is C16H24N5OS+. The fraction of sp³-hybridized carbons (Fsp3) is 0.562. The smallest absolute Gasteiger partial charge is 0.225 e. The van der Waals surface area contributed by atoms with Gasteiger partial charge in [-0.1, -0.05) is 6.92 Å². The Balaban J connectivity index is 1.79. The third-order valence-electron chi connectivity index (χ3n) is 4.68. The molecule has 0 saturated carbocycles. The zero-order valence-electron chi connectivity index (χ0n) is 13.7. The topological polar surface area (TPSA) is 49.3 Å². The van der Waals surface area contributed by atoms with Gasteiger partial charge in [0.1, 0.15) is 5.75 Å². The van der Waals surface area contributed by atoms with Crippen molar-refractivity contribution in [3.05, 3.63) is 29.0 Å². The first-order valence-electron chi connectivity index (χ1n) is 8.24. The van der Waals surface area contributed by atoms with Gasteiger partial charge in [-0.2, -0.15) is 9.36 Å². The van der Waals surface area contributed by atoms with E-state index in [1.165, 1.54) is 32.2 Å². The van der Waals surface area contributed by atoms with Gasteiger partial charge in [-0.3, -0.25) is 0 Å². The van der Waals surface area contributed by atoms with Crippen molar-refractivity contribution in [3.63, 3.8) is 0 Å². The monoisotopic (exact) mass is 334 g/mol. The van der Waals surface area contributed by atoms with Gasteiger partial charge in [-0.25, -0.2) is 0 Å². The number of nitrogens with zero attached hydrogens (tertiary/aromatic N) is 4. The van der Waals surface area contributed by atoms with Gasteiger partial charge in [-0.15, -0.1) is 0 Å². The molecule has 1 saturated heterocycles. The Morgan fingerprint density at radius 2 is 2.04 bits per heavy atom. The first-order valence-corrected chi connectivity index (χ1v) is 8.65. The van der Waals surface area contributed by atoms with Crippen LogP contribution in [0.15, 0.2) is 24.3 Å². The van der Waals surface area contributed by atoms with Crippen molar-refractivity contribution >= 4 is 12.2 Å². The molecule has 2 atom stereocenters. The Bertz CT molecular complexity index is 693. The van der Waals surface area contributed by atoms with Crippen molar-refractivity contribution in [3.8, 4) is 11.4 Å². The molecule has 2 aromatic rings. The molecule has 1 unspecified atom stereocenters. The van der Waals surface area contributed by atoms with Crippen LogP contribution in [-0.2, 0) is 6.67 Å². The third-order valence-corrected chi connectivity index (χ3v) is 5.06. The summed E-state index contributed by atoms with van der Waals surface area (Å²) in [6.07, 6.45) is 5.12. The van der Waals surface area contributed by atoms with Gasteiger partial charge < -0.3 is 9.64 Å². The SMILES string of the molecule is CC[C@H]1CCCC[NH+]1Cn1nnn(-c2ccc(OC)cc2)c1=S. The number of methoxy groups -OCH3 is 1. The molecule has 6 nitrogen and oxygen atoms in total. The van der Waals surface area contributed by atoms with E-state index in [-0.39, 0.29) is 0 Å². The number of tetrazole rings is 1. The summed E-state index contributed by atoms with van der Waals surface area (Å²) < 4.78 is 9.38. The van der Waals surface area contributed by atoms with E-state index in [1.807, 2.05) is 28.9 Å². The van der Waals surface area contributed by atoms with Crippen LogP contribution in [0.25, 0.3) is 5.69 Å². The lowest BCUT2D eigenvalue weighted by atomic mass is 10.0. The second-order valence-corrected chi connectivity index (χ2v) is 6.40. The average Bonchev–Trinajstić information content (AvgIpc) is 2.96. The van der Waals surface area contributed by atoms with E-state index in [2.05, 4.69) is 17.4 Å². The lowest BCUT2D eigenvalue weighted by molar-refractivity contribution is -0.953. The predicted molar refractivity (Wildman–Crippen MR) is 90.5 cm³/mol. The highest BCUT2D eigenvalue weighted by atomic mass is 32.1. The molecule has 2 heterocycles. The number of benzene rings is 1. The van der Waals surface area contributed by atoms with E-state index in [0.717, 1.165) is 18.1 Å². The largest absolute Gasteiger partial charge is 0.497 e. The first-order chi connectivity index (χ1) is 11.2. The minimum Gasteiger partial charge on any atom is -0.497 e. The number of ether oxygens (including phenoxy) is 1. The van der Waals surface area contributed by atoms with Gasteiger partial charge in [0, 0.05) is 0 Å². The summed E-state index contributed by atoms with van der Waals surface area (Å²) in [6.45, 7) is 4.26. The van der Waals surface area contributed by atoms with Crippen LogP contribution in [0.1, 0.15) is 32.6 Å². The molecular weight excluding hydrogens is 310 g/mol. The quantitative estimate of drug-likeness (QED) is 0.844. The van der Waals surface area contributed by atoms with Crippen LogP contribution in [-0.4, -0.2) is 39.5 Å².